The Balaban J connectivity index is 2.14. The lowest BCUT2D eigenvalue weighted by Crippen LogP contribution is -2.49. The van der Waals surface area contributed by atoms with Crippen LogP contribution in [0, 0.1) is 0 Å². The maximum absolute atomic E-state index is 9.60. The summed E-state index contributed by atoms with van der Waals surface area (Å²) in [5.74, 6) is 2.24. The third-order valence-electron chi connectivity index (χ3n) is 3.44. The van der Waals surface area contributed by atoms with E-state index in [1.165, 1.54) is 19.3 Å². The fraction of sp³-hybridized carbons (Fsp3) is 1.00. The first kappa shape index (κ1) is 15.3. The number of aliphatic hydroxyl groups is 1. The maximum atomic E-state index is 9.60. The van der Waals surface area contributed by atoms with Crippen molar-refractivity contribution in [3.63, 3.8) is 0 Å². The molecule has 0 aromatic carbocycles. The summed E-state index contributed by atoms with van der Waals surface area (Å²) in [7, 11) is 1.74. The van der Waals surface area contributed by atoms with E-state index in [-0.39, 0.29) is 12.1 Å². The second kappa shape index (κ2) is 8.35. The van der Waals surface area contributed by atoms with Crippen LogP contribution in [0.5, 0.6) is 0 Å². The molecule has 0 aromatic rings. The van der Waals surface area contributed by atoms with E-state index in [0.717, 1.165) is 31.0 Å². The van der Waals surface area contributed by atoms with E-state index in [9.17, 15) is 5.11 Å². The van der Waals surface area contributed by atoms with E-state index in [4.69, 9.17) is 4.74 Å². The van der Waals surface area contributed by atoms with Crippen molar-refractivity contribution in [1.82, 2.24) is 5.32 Å². The molecule has 0 heterocycles. The Hall–Kier alpha value is 0.230. The Morgan fingerprint density at radius 3 is 2.71 bits per heavy atom. The maximum Gasteiger partial charge on any atom is 0.0613 e. The number of thioether (sulfide) groups is 1. The van der Waals surface area contributed by atoms with Gasteiger partial charge in [0.1, 0.15) is 0 Å². The van der Waals surface area contributed by atoms with Gasteiger partial charge in [0.25, 0.3) is 0 Å². The highest BCUT2D eigenvalue weighted by atomic mass is 32.2. The number of hydrogen-bond acceptors (Lipinski definition) is 4. The van der Waals surface area contributed by atoms with Gasteiger partial charge in [-0.3, -0.25) is 0 Å². The molecule has 102 valence electrons. The molecule has 1 aliphatic rings. The Morgan fingerprint density at radius 1 is 1.41 bits per heavy atom. The molecule has 1 fully saturated rings. The summed E-state index contributed by atoms with van der Waals surface area (Å²) in [5.41, 5.74) is -0.0248. The van der Waals surface area contributed by atoms with Crippen LogP contribution in [0.1, 0.15) is 39.0 Å². The van der Waals surface area contributed by atoms with Crippen LogP contribution in [0.2, 0.25) is 0 Å². The molecular weight excluding hydrogens is 234 g/mol. The summed E-state index contributed by atoms with van der Waals surface area (Å²) in [6.07, 6.45) is 5.83. The predicted molar refractivity (Wildman–Crippen MR) is 74.7 cm³/mol. The van der Waals surface area contributed by atoms with Crippen molar-refractivity contribution < 1.29 is 9.84 Å². The minimum Gasteiger partial charge on any atom is -0.394 e. The third-order valence-corrected chi connectivity index (χ3v) is 4.48. The van der Waals surface area contributed by atoms with Crippen LogP contribution in [-0.4, -0.2) is 48.5 Å². The molecule has 0 aliphatic heterocycles. The molecule has 1 aliphatic carbocycles. The second-order valence-electron chi connectivity index (χ2n) is 4.92. The summed E-state index contributed by atoms with van der Waals surface area (Å²) < 4.78 is 5.02. The van der Waals surface area contributed by atoms with Crippen molar-refractivity contribution in [3.05, 3.63) is 0 Å². The van der Waals surface area contributed by atoms with Gasteiger partial charge in [-0.05, 0) is 37.9 Å². The molecule has 0 amide bonds. The molecule has 2 N–H and O–H groups in total. The van der Waals surface area contributed by atoms with Crippen molar-refractivity contribution in [2.75, 3.05) is 31.8 Å². The SMILES string of the molecule is CCC(CO)(CCCSCCOC)NC1CC1. The second-order valence-corrected chi connectivity index (χ2v) is 6.14. The zero-order chi connectivity index (χ0) is 12.6. The molecule has 0 aromatic heterocycles. The molecule has 0 spiro atoms. The van der Waals surface area contributed by atoms with Crippen molar-refractivity contribution in [1.29, 1.82) is 0 Å². The quantitative estimate of drug-likeness (QED) is 0.559. The fourth-order valence-corrected chi connectivity index (χ4v) is 2.84. The van der Waals surface area contributed by atoms with Gasteiger partial charge in [-0.2, -0.15) is 11.8 Å². The number of hydrogen-bond donors (Lipinski definition) is 2. The lowest BCUT2D eigenvalue weighted by Gasteiger charge is -2.32. The van der Waals surface area contributed by atoms with E-state index in [2.05, 4.69) is 12.2 Å². The smallest absolute Gasteiger partial charge is 0.0613 e. The first-order valence-corrected chi connectivity index (χ1v) is 7.87. The third kappa shape index (κ3) is 6.09. The van der Waals surface area contributed by atoms with Gasteiger partial charge in [0, 0.05) is 24.4 Å². The average Bonchev–Trinajstić information content (AvgIpc) is 3.16. The largest absolute Gasteiger partial charge is 0.394 e. The summed E-state index contributed by atoms with van der Waals surface area (Å²) in [6.45, 7) is 3.27. The highest BCUT2D eigenvalue weighted by molar-refractivity contribution is 7.99. The van der Waals surface area contributed by atoms with Gasteiger partial charge in [-0.25, -0.2) is 0 Å². The molecule has 3 nitrogen and oxygen atoms in total. The van der Waals surface area contributed by atoms with E-state index in [0.29, 0.717) is 6.04 Å². The number of methoxy groups -OCH3 is 1. The molecule has 1 atom stereocenters. The Morgan fingerprint density at radius 2 is 2.18 bits per heavy atom. The standard InChI is InChI=1S/C13H27NO2S/c1-3-13(11-15,14-12-5-6-12)7-4-9-17-10-8-16-2/h12,14-15H,3-11H2,1-2H3. The normalized spacial score (nSPS) is 19.2. The monoisotopic (exact) mass is 261 g/mol. The first-order valence-electron chi connectivity index (χ1n) is 6.71. The van der Waals surface area contributed by atoms with Crippen molar-refractivity contribution in [2.45, 2.75) is 50.6 Å². The summed E-state index contributed by atoms with van der Waals surface area (Å²) >= 11 is 1.94. The van der Waals surface area contributed by atoms with Crippen LogP contribution in [0.25, 0.3) is 0 Å². The van der Waals surface area contributed by atoms with Gasteiger partial charge in [0.15, 0.2) is 0 Å². The number of nitrogens with one attached hydrogen (secondary N) is 1. The van der Waals surface area contributed by atoms with Crippen LogP contribution in [0.15, 0.2) is 0 Å². The van der Waals surface area contributed by atoms with Crippen molar-refractivity contribution in [2.24, 2.45) is 0 Å². The molecule has 1 saturated carbocycles. The van der Waals surface area contributed by atoms with Crippen molar-refractivity contribution in [3.8, 4) is 0 Å². The van der Waals surface area contributed by atoms with Crippen LogP contribution in [0.4, 0.5) is 0 Å². The van der Waals surface area contributed by atoms with E-state index in [1.807, 2.05) is 11.8 Å². The summed E-state index contributed by atoms with van der Waals surface area (Å²) in [5, 5.41) is 13.2. The number of aliphatic hydroxyl groups excluding tert-OH is 1. The van der Waals surface area contributed by atoms with Gasteiger partial charge >= 0.3 is 0 Å². The van der Waals surface area contributed by atoms with Gasteiger partial charge in [0.2, 0.25) is 0 Å². The topological polar surface area (TPSA) is 41.5 Å². The van der Waals surface area contributed by atoms with Crippen LogP contribution < -0.4 is 5.32 Å². The number of rotatable bonds is 11. The molecule has 17 heavy (non-hydrogen) atoms. The molecule has 4 heteroatoms. The predicted octanol–water partition coefficient (Wildman–Crippen LogP) is 2.04. The Kier molecular flexibility index (Phi) is 7.51. The highest BCUT2D eigenvalue weighted by Gasteiger charge is 2.33. The molecular formula is C13H27NO2S. The Labute approximate surface area is 110 Å². The minimum atomic E-state index is -0.0248. The lowest BCUT2D eigenvalue weighted by atomic mass is 9.91. The zero-order valence-electron chi connectivity index (χ0n) is 11.2. The molecule has 0 radical (unpaired) electrons. The molecule has 0 saturated heterocycles. The van der Waals surface area contributed by atoms with E-state index >= 15 is 0 Å². The summed E-state index contributed by atoms with van der Waals surface area (Å²) in [6, 6.07) is 0.670. The van der Waals surface area contributed by atoms with Crippen LogP contribution in [0.3, 0.4) is 0 Å². The van der Waals surface area contributed by atoms with Crippen LogP contribution in [-0.2, 0) is 4.74 Å². The van der Waals surface area contributed by atoms with Crippen molar-refractivity contribution >= 4 is 11.8 Å². The molecule has 0 bridgehead atoms. The first-order chi connectivity index (χ1) is 8.26. The summed E-state index contributed by atoms with van der Waals surface area (Å²) in [4.78, 5) is 0. The molecule has 1 rings (SSSR count). The van der Waals surface area contributed by atoms with Gasteiger partial charge in [0.05, 0.1) is 13.2 Å². The van der Waals surface area contributed by atoms with Gasteiger partial charge < -0.3 is 15.2 Å². The van der Waals surface area contributed by atoms with Gasteiger partial charge in [-0.15, -0.1) is 0 Å². The fourth-order valence-electron chi connectivity index (χ4n) is 2.01. The number of ether oxygens (including phenoxy) is 1. The van der Waals surface area contributed by atoms with Crippen LogP contribution >= 0.6 is 11.8 Å². The van der Waals surface area contributed by atoms with Gasteiger partial charge in [-0.1, -0.05) is 6.92 Å². The zero-order valence-corrected chi connectivity index (χ0v) is 12.0. The van der Waals surface area contributed by atoms with E-state index < -0.39 is 0 Å². The average molecular weight is 261 g/mol. The highest BCUT2D eigenvalue weighted by Crippen LogP contribution is 2.27. The Bertz CT molecular complexity index is 194. The van der Waals surface area contributed by atoms with E-state index in [1.54, 1.807) is 7.11 Å². The minimum absolute atomic E-state index is 0.0248. The molecule has 1 unspecified atom stereocenters. The lowest BCUT2D eigenvalue weighted by molar-refractivity contribution is 0.144.